The summed E-state index contributed by atoms with van der Waals surface area (Å²) in [7, 11) is 0. The van der Waals surface area contributed by atoms with Gasteiger partial charge >= 0.3 is 5.97 Å². The molecule has 0 fully saturated rings. The molecule has 0 aliphatic rings. The Labute approximate surface area is 158 Å². The number of carboxylic acids is 1. The van der Waals surface area contributed by atoms with Crippen LogP contribution in [0.2, 0.25) is 5.02 Å². The zero-order chi connectivity index (χ0) is 19.3. The molecule has 0 aliphatic heterocycles. The number of hydrogen-bond donors (Lipinski definition) is 2. The van der Waals surface area contributed by atoms with Gasteiger partial charge < -0.3 is 14.9 Å². The Bertz CT molecular complexity index is 795. The van der Waals surface area contributed by atoms with E-state index in [2.05, 4.69) is 13.2 Å². The van der Waals surface area contributed by atoms with Crippen molar-refractivity contribution in [3.05, 3.63) is 83.4 Å². The number of carbonyl (C=O) groups is 1. The van der Waals surface area contributed by atoms with Gasteiger partial charge in [0.15, 0.2) is 0 Å². The molecule has 2 N–H and O–H groups in total. The van der Waals surface area contributed by atoms with E-state index in [9.17, 15) is 15.0 Å². The fraction of sp³-hybridized carbons (Fsp3) is 0.190. The van der Waals surface area contributed by atoms with Crippen molar-refractivity contribution in [1.29, 1.82) is 0 Å². The molecule has 5 heteroatoms. The van der Waals surface area contributed by atoms with Gasteiger partial charge in [-0.25, -0.2) is 4.79 Å². The summed E-state index contributed by atoms with van der Waals surface area (Å²) in [5.74, 6) is -0.654. The SMILES string of the molecule is C=CCc1cc(O)cc(CC=C)c1OC(C)(C(=O)O)c1ccc(Cl)cc1. The van der Waals surface area contributed by atoms with Crippen molar-refractivity contribution in [2.45, 2.75) is 25.4 Å². The second-order valence-electron chi connectivity index (χ2n) is 6.03. The smallest absolute Gasteiger partial charge is 0.352 e. The lowest BCUT2D eigenvalue weighted by atomic mass is 9.94. The minimum Gasteiger partial charge on any atom is -0.508 e. The lowest BCUT2D eigenvalue weighted by molar-refractivity contribution is -0.154. The van der Waals surface area contributed by atoms with Gasteiger partial charge in [0.05, 0.1) is 0 Å². The van der Waals surface area contributed by atoms with Crippen molar-refractivity contribution in [1.82, 2.24) is 0 Å². The molecule has 136 valence electrons. The van der Waals surface area contributed by atoms with Gasteiger partial charge in [0.2, 0.25) is 5.60 Å². The fourth-order valence-electron chi connectivity index (χ4n) is 2.68. The summed E-state index contributed by atoms with van der Waals surface area (Å²) in [5, 5.41) is 20.3. The third kappa shape index (κ3) is 4.09. The van der Waals surface area contributed by atoms with Crippen LogP contribution in [-0.4, -0.2) is 16.2 Å². The van der Waals surface area contributed by atoms with E-state index in [0.29, 0.717) is 40.3 Å². The first-order valence-electron chi connectivity index (χ1n) is 8.06. The molecule has 0 amide bonds. The molecule has 0 bridgehead atoms. The second kappa shape index (κ2) is 8.11. The average Bonchev–Trinajstić information content (AvgIpc) is 2.58. The summed E-state index contributed by atoms with van der Waals surface area (Å²) in [4.78, 5) is 12.1. The second-order valence-corrected chi connectivity index (χ2v) is 6.46. The first kappa shape index (κ1) is 19.6. The monoisotopic (exact) mass is 372 g/mol. The number of aliphatic carboxylic acids is 1. The number of carboxylic acid groups (broad SMARTS) is 1. The van der Waals surface area contributed by atoms with E-state index < -0.39 is 11.6 Å². The summed E-state index contributed by atoms with van der Waals surface area (Å²) in [5.41, 5.74) is 0.126. The lowest BCUT2D eigenvalue weighted by Crippen LogP contribution is -2.39. The minimum absolute atomic E-state index is 0.0783. The molecular weight excluding hydrogens is 352 g/mol. The van der Waals surface area contributed by atoms with Crippen LogP contribution < -0.4 is 4.74 Å². The summed E-state index contributed by atoms with van der Waals surface area (Å²) < 4.78 is 6.06. The van der Waals surface area contributed by atoms with E-state index >= 15 is 0 Å². The van der Waals surface area contributed by atoms with E-state index in [-0.39, 0.29) is 5.75 Å². The van der Waals surface area contributed by atoms with Crippen LogP contribution in [0.15, 0.2) is 61.7 Å². The highest BCUT2D eigenvalue weighted by molar-refractivity contribution is 6.30. The Morgan fingerprint density at radius 2 is 1.65 bits per heavy atom. The number of phenols is 1. The van der Waals surface area contributed by atoms with Crippen molar-refractivity contribution in [2.75, 3.05) is 0 Å². The Morgan fingerprint density at radius 3 is 2.08 bits per heavy atom. The standard InChI is InChI=1S/C21H21ClO4/c1-4-6-14-12-18(23)13-15(7-5-2)19(14)26-21(3,20(24)25)16-8-10-17(22)11-9-16/h4-5,8-13,23H,1-2,6-7H2,3H3,(H,24,25). The maximum Gasteiger partial charge on any atom is 0.352 e. The molecule has 2 aromatic carbocycles. The van der Waals surface area contributed by atoms with Crippen molar-refractivity contribution in [2.24, 2.45) is 0 Å². The minimum atomic E-state index is -1.63. The quantitative estimate of drug-likeness (QED) is 0.648. The average molecular weight is 373 g/mol. The molecule has 4 nitrogen and oxygen atoms in total. The first-order valence-corrected chi connectivity index (χ1v) is 8.44. The largest absolute Gasteiger partial charge is 0.508 e. The molecule has 0 radical (unpaired) electrons. The first-order chi connectivity index (χ1) is 12.3. The van der Waals surface area contributed by atoms with E-state index in [4.69, 9.17) is 16.3 Å². The van der Waals surface area contributed by atoms with Gasteiger partial charge in [-0.05, 0) is 44.0 Å². The van der Waals surface area contributed by atoms with E-state index in [1.807, 2.05) is 0 Å². The predicted octanol–water partition coefficient (Wildman–Crippen LogP) is 4.88. The highest BCUT2D eigenvalue weighted by Crippen LogP contribution is 2.37. The lowest BCUT2D eigenvalue weighted by Gasteiger charge is -2.29. The van der Waals surface area contributed by atoms with Crippen LogP contribution in [0, 0.1) is 0 Å². The van der Waals surface area contributed by atoms with Gasteiger partial charge in [0.1, 0.15) is 11.5 Å². The normalized spacial score (nSPS) is 12.8. The number of aromatic hydroxyl groups is 1. The summed E-state index contributed by atoms with van der Waals surface area (Å²) in [6.45, 7) is 8.91. The summed E-state index contributed by atoms with van der Waals surface area (Å²) >= 11 is 5.91. The fourth-order valence-corrected chi connectivity index (χ4v) is 2.81. The molecule has 1 unspecified atom stereocenters. The molecule has 2 rings (SSSR count). The Kier molecular flexibility index (Phi) is 6.11. The summed E-state index contributed by atoms with van der Waals surface area (Å²) in [6, 6.07) is 9.58. The molecule has 1 atom stereocenters. The maximum atomic E-state index is 12.1. The Balaban J connectivity index is 2.61. The molecule has 0 saturated carbocycles. The molecule has 0 heterocycles. The van der Waals surface area contributed by atoms with Gasteiger partial charge in [0, 0.05) is 21.7 Å². The number of ether oxygens (including phenoxy) is 1. The number of hydrogen-bond acceptors (Lipinski definition) is 3. The molecule has 0 spiro atoms. The topological polar surface area (TPSA) is 66.8 Å². The third-order valence-corrected chi connectivity index (χ3v) is 4.32. The van der Waals surface area contributed by atoms with E-state index in [0.717, 1.165) is 0 Å². The third-order valence-electron chi connectivity index (χ3n) is 4.07. The van der Waals surface area contributed by atoms with Crippen LogP contribution in [0.3, 0.4) is 0 Å². The number of halogens is 1. The Hall–Kier alpha value is -2.72. The van der Waals surface area contributed by atoms with Crippen molar-refractivity contribution >= 4 is 17.6 Å². The highest BCUT2D eigenvalue weighted by atomic mass is 35.5. The van der Waals surface area contributed by atoms with E-state index in [1.165, 1.54) is 6.92 Å². The number of benzene rings is 2. The van der Waals surface area contributed by atoms with Crippen LogP contribution in [-0.2, 0) is 23.2 Å². The summed E-state index contributed by atoms with van der Waals surface area (Å²) in [6.07, 6.45) is 4.17. The number of rotatable bonds is 8. The maximum absolute atomic E-state index is 12.1. The molecule has 0 aliphatic carbocycles. The molecule has 0 aromatic heterocycles. The van der Waals surface area contributed by atoms with Crippen LogP contribution >= 0.6 is 11.6 Å². The molecule has 2 aromatic rings. The van der Waals surface area contributed by atoms with E-state index in [1.54, 1.807) is 48.6 Å². The van der Waals surface area contributed by atoms with Crippen LogP contribution in [0.4, 0.5) is 0 Å². The zero-order valence-electron chi connectivity index (χ0n) is 14.5. The van der Waals surface area contributed by atoms with Crippen molar-refractivity contribution < 1.29 is 19.7 Å². The van der Waals surface area contributed by atoms with Gasteiger partial charge in [-0.2, -0.15) is 0 Å². The number of allylic oxidation sites excluding steroid dienone is 2. The zero-order valence-corrected chi connectivity index (χ0v) is 15.3. The molecule has 0 saturated heterocycles. The van der Waals surface area contributed by atoms with Crippen molar-refractivity contribution in [3.8, 4) is 11.5 Å². The predicted molar refractivity (Wildman–Crippen MR) is 103 cm³/mol. The number of phenolic OH excluding ortho intramolecular Hbond substituents is 1. The van der Waals surface area contributed by atoms with Gasteiger partial charge in [-0.1, -0.05) is 35.9 Å². The van der Waals surface area contributed by atoms with Gasteiger partial charge in [-0.15, -0.1) is 13.2 Å². The molecular formula is C21H21ClO4. The van der Waals surface area contributed by atoms with Gasteiger partial charge in [-0.3, -0.25) is 0 Å². The van der Waals surface area contributed by atoms with Crippen LogP contribution in [0.5, 0.6) is 11.5 Å². The van der Waals surface area contributed by atoms with Crippen LogP contribution in [0.25, 0.3) is 0 Å². The Morgan fingerprint density at radius 1 is 1.15 bits per heavy atom. The molecule has 26 heavy (non-hydrogen) atoms. The highest BCUT2D eigenvalue weighted by Gasteiger charge is 2.39. The van der Waals surface area contributed by atoms with Crippen LogP contribution in [0.1, 0.15) is 23.6 Å². The van der Waals surface area contributed by atoms with Crippen molar-refractivity contribution in [3.63, 3.8) is 0 Å². The van der Waals surface area contributed by atoms with Gasteiger partial charge in [0.25, 0.3) is 0 Å².